The molecule has 0 amide bonds. The molecular formula is C13H6F3N3O4. The summed E-state index contributed by atoms with van der Waals surface area (Å²) >= 11 is 0. The summed E-state index contributed by atoms with van der Waals surface area (Å²) in [5, 5.41) is 19.6. The summed E-state index contributed by atoms with van der Waals surface area (Å²) in [6, 6.07) is 5.70. The van der Waals surface area contributed by atoms with Gasteiger partial charge in [-0.05, 0) is 17.7 Å². The fourth-order valence-electron chi connectivity index (χ4n) is 1.83. The summed E-state index contributed by atoms with van der Waals surface area (Å²) in [6.45, 7) is 0. The Morgan fingerprint density at radius 1 is 1.26 bits per heavy atom. The van der Waals surface area contributed by atoms with Crippen molar-refractivity contribution in [1.82, 2.24) is 4.98 Å². The van der Waals surface area contributed by atoms with Crippen LogP contribution in [0.5, 0.6) is 5.75 Å². The number of H-pyrrole nitrogens is 1. The van der Waals surface area contributed by atoms with Crippen LogP contribution in [-0.4, -0.2) is 16.3 Å². The maximum atomic E-state index is 12.1. The Morgan fingerprint density at radius 3 is 2.35 bits per heavy atom. The Bertz CT molecular complexity index is 851. The fraction of sp³-hybridized carbons (Fsp3) is 0.0769. The van der Waals surface area contributed by atoms with Crippen LogP contribution in [0.2, 0.25) is 0 Å². The normalized spacial score (nSPS) is 10.9. The summed E-state index contributed by atoms with van der Waals surface area (Å²) in [6.07, 6.45) is -3.78. The van der Waals surface area contributed by atoms with Crippen LogP contribution in [0, 0.1) is 21.4 Å². The molecule has 0 radical (unpaired) electrons. The number of pyridine rings is 1. The third-order valence-corrected chi connectivity index (χ3v) is 2.75. The molecule has 118 valence electrons. The molecule has 0 aliphatic heterocycles. The highest BCUT2D eigenvalue weighted by atomic mass is 19.4. The highest BCUT2D eigenvalue weighted by Crippen LogP contribution is 2.26. The molecule has 0 aliphatic carbocycles. The van der Waals surface area contributed by atoms with Crippen molar-refractivity contribution in [2.24, 2.45) is 0 Å². The first-order valence-electron chi connectivity index (χ1n) is 5.89. The van der Waals surface area contributed by atoms with E-state index < -0.39 is 33.8 Å². The molecule has 2 rings (SSSR count). The van der Waals surface area contributed by atoms with Gasteiger partial charge < -0.3 is 9.72 Å². The molecule has 0 spiro atoms. The van der Waals surface area contributed by atoms with Gasteiger partial charge in [0.1, 0.15) is 11.8 Å². The minimum atomic E-state index is -4.85. The lowest BCUT2D eigenvalue weighted by molar-refractivity contribution is -0.386. The van der Waals surface area contributed by atoms with Crippen molar-refractivity contribution < 1.29 is 22.8 Å². The number of rotatable bonds is 3. The third-order valence-electron chi connectivity index (χ3n) is 2.75. The van der Waals surface area contributed by atoms with Crippen LogP contribution < -0.4 is 10.2 Å². The molecule has 10 heteroatoms. The predicted octanol–water partition coefficient (Wildman–Crippen LogP) is 2.72. The highest BCUT2D eigenvalue weighted by molar-refractivity contribution is 5.67. The molecule has 0 atom stereocenters. The van der Waals surface area contributed by atoms with Gasteiger partial charge in [0.25, 0.3) is 5.43 Å². The Kier molecular flexibility index (Phi) is 4.04. The van der Waals surface area contributed by atoms with E-state index >= 15 is 0 Å². The summed E-state index contributed by atoms with van der Waals surface area (Å²) < 4.78 is 39.9. The predicted molar refractivity (Wildman–Crippen MR) is 70.6 cm³/mol. The van der Waals surface area contributed by atoms with E-state index in [1.165, 1.54) is 6.07 Å². The van der Waals surface area contributed by atoms with Crippen LogP contribution in [0.15, 0.2) is 35.3 Å². The Balaban J connectivity index is 2.48. The van der Waals surface area contributed by atoms with E-state index in [1.54, 1.807) is 0 Å². The van der Waals surface area contributed by atoms with Crippen LogP contribution in [0.1, 0.15) is 5.69 Å². The van der Waals surface area contributed by atoms with Gasteiger partial charge in [-0.25, -0.2) is 0 Å². The van der Waals surface area contributed by atoms with Crippen molar-refractivity contribution in [1.29, 1.82) is 5.26 Å². The molecule has 0 aliphatic rings. The largest absolute Gasteiger partial charge is 0.573 e. The first-order valence-corrected chi connectivity index (χ1v) is 5.89. The van der Waals surface area contributed by atoms with Crippen molar-refractivity contribution in [3.63, 3.8) is 0 Å². The van der Waals surface area contributed by atoms with E-state index in [4.69, 9.17) is 5.26 Å². The zero-order valence-electron chi connectivity index (χ0n) is 11.0. The lowest BCUT2D eigenvalue weighted by atomic mass is 10.1. The Hall–Kier alpha value is -3.35. The number of ether oxygens (including phenoxy) is 1. The standard InChI is InChI=1S/C13H6F3N3O4/c14-13(15,16)23-8-3-1-7(2-4-8)9-6-18-10(5-17)11(12(9)20)19(21)22/h1-4,6H,(H,18,20). The zero-order chi connectivity index (χ0) is 17.2. The molecule has 23 heavy (non-hydrogen) atoms. The van der Waals surface area contributed by atoms with Crippen molar-refractivity contribution in [3.05, 3.63) is 56.5 Å². The summed E-state index contributed by atoms with van der Waals surface area (Å²) in [4.78, 5) is 24.3. The van der Waals surface area contributed by atoms with Gasteiger partial charge in [-0.2, -0.15) is 5.26 Å². The van der Waals surface area contributed by atoms with E-state index in [0.717, 1.165) is 30.5 Å². The quantitative estimate of drug-likeness (QED) is 0.689. The number of nitro groups is 1. The van der Waals surface area contributed by atoms with E-state index in [9.17, 15) is 28.1 Å². The number of nitriles is 1. The first kappa shape index (κ1) is 16.0. The summed E-state index contributed by atoms with van der Waals surface area (Å²) in [5.74, 6) is -0.499. The Labute approximate surface area is 125 Å². The molecule has 0 saturated heterocycles. The molecule has 0 fully saturated rings. The lowest BCUT2D eigenvalue weighted by Crippen LogP contribution is -2.17. The first-order chi connectivity index (χ1) is 10.7. The number of hydrogen-bond donors (Lipinski definition) is 1. The maximum absolute atomic E-state index is 12.1. The van der Waals surface area contributed by atoms with Crippen molar-refractivity contribution in [2.45, 2.75) is 6.36 Å². The SMILES string of the molecule is N#Cc1[nH]cc(-c2ccc(OC(F)(F)F)cc2)c(=O)c1[N+](=O)[O-]. The van der Waals surface area contributed by atoms with Crippen molar-refractivity contribution >= 4 is 5.69 Å². The molecule has 0 unspecified atom stereocenters. The number of halogens is 3. The number of aromatic amines is 1. The van der Waals surface area contributed by atoms with Crippen molar-refractivity contribution in [3.8, 4) is 22.9 Å². The molecular weight excluding hydrogens is 319 g/mol. The van der Waals surface area contributed by atoms with Crippen LogP contribution in [0.4, 0.5) is 18.9 Å². The van der Waals surface area contributed by atoms with Gasteiger partial charge >= 0.3 is 12.0 Å². The van der Waals surface area contributed by atoms with Crippen LogP contribution in [-0.2, 0) is 0 Å². The number of alkyl halides is 3. The maximum Gasteiger partial charge on any atom is 0.573 e. The van der Waals surface area contributed by atoms with Crippen LogP contribution >= 0.6 is 0 Å². The van der Waals surface area contributed by atoms with Gasteiger partial charge in [-0.3, -0.25) is 14.9 Å². The van der Waals surface area contributed by atoms with E-state index in [1.807, 2.05) is 0 Å². The molecule has 1 aromatic carbocycles. The van der Waals surface area contributed by atoms with Crippen LogP contribution in [0.25, 0.3) is 11.1 Å². The molecule has 0 saturated carbocycles. The second-order valence-corrected chi connectivity index (χ2v) is 4.20. The zero-order valence-corrected chi connectivity index (χ0v) is 11.0. The third kappa shape index (κ3) is 3.46. The smallest absolute Gasteiger partial charge is 0.406 e. The number of benzene rings is 1. The second-order valence-electron chi connectivity index (χ2n) is 4.20. The van der Waals surface area contributed by atoms with Gasteiger partial charge in [-0.15, -0.1) is 13.2 Å². The molecule has 1 aromatic heterocycles. The van der Waals surface area contributed by atoms with Gasteiger partial charge in [0.05, 0.1) is 10.5 Å². The monoisotopic (exact) mass is 325 g/mol. The Morgan fingerprint density at radius 2 is 1.87 bits per heavy atom. The van der Waals surface area contributed by atoms with Gasteiger partial charge in [0.2, 0.25) is 5.69 Å². The molecule has 1 heterocycles. The van der Waals surface area contributed by atoms with E-state index in [2.05, 4.69) is 9.72 Å². The minimum Gasteiger partial charge on any atom is -0.406 e. The van der Waals surface area contributed by atoms with Crippen LogP contribution in [0.3, 0.4) is 0 Å². The molecule has 0 bridgehead atoms. The van der Waals surface area contributed by atoms with E-state index in [0.29, 0.717) is 0 Å². The number of aromatic nitrogens is 1. The van der Waals surface area contributed by atoms with Gasteiger partial charge in [0, 0.05) is 6.20 Å². The average Bonchev–Trinajstić information content (AvgIpc) is 2.45. The molecule has 2 aromatic rings. The number of nitrogens with zero attached hydrogens (tertiary/aromatic N) is 2. The molecule has 7 nitrogen and oxygen atoms in total. The lowest BCUT2D eigenvalue weighted by Gasteiger charge is -2.09. The molecule has 1 N–H and O–H groups in total. The summed E-state index contributed by atoms with van der Waals surface area (Å²) in [5.41, 5.74) is -2.49. The van der Waals surface area contributed by atoms with Gasteiger partial charge in [-0.1, -0.05) is 12.1 Å². The minimum absolute atomic E-state index is 0.133. The topological polar surface area (TPSA) is 109 Å². The summed E-state index contributed by atoms with van der Waals surface area (Å²) in [7, 11) is 0. The number of hydrogen-bond acceptors (Lipinski definition) is 5. The van der Waals surface area contributed by atoms with Crippen molar-refractivity contribution in [2.75, 3.05) is 0 Å². The average molecular weight is 325 g/mol. The van der Waals surface area contributed by atoms with Gasteiger partial charge in [0.15, 0.2) is 0 Å². The highest BCUT2D eigenvalue weighted by Gasteiger charge is 2.31. The fourth-order valence-corrected chi connectivity index (χ4v) is 1.83. The second kappa shape index (κ2) is 5.80. The number of nitrogens with one attached hydrogen (secondary N) is 1. The van der Waals surface area contributed by atoms with E-state index in [-0.39, 0.29) is 11.1 Å².